The lowest BCUT2D eigenvalue weighted by Gasteiger charge is -2.16. The number of carbonyl (C=O) groups excluding carboxylic acids is 3. The Morgan fingerprint density at radius 3 is 1.71 bits per heavy atom. The SMILES string of the molecule is CCCC(=O)N[C@@H](CSSC[C@H](NC(=O)CCC)C(=O)O)C(N)=O. The van der Waals surface area contributed by atoms with Crippen LogP contribution in [0.2, 0.25) is 0 Å². The Bertz CT molecular complexity index is 408. The number of hydrogen-bond acceptors (Lipinski definition) is 6. The van der Waals surface area contributed by atoms with Crippen LogP contribution in [0.4, 0.5) is 0 Å². The minimum absolute atomic E-state index is 0.143. The average Bonchev–Trinajstić information content (AvgIpc) is 2.49. The molecule has 0 spiro atoms. The summed E-state index contributed by atoms with van der Waals surface area (Å²) in [5.41, 5.74) is 5.24. The fourth-order valence-electron chi connectivity index (χ4n) is 1.59. The first-order valence-electron chi connectivity index (χ1n) is 7.67. The molecule has 0 radical (unpaired) electrons. The van der Waals surface area contributed by atoms with Gasteiger partial charge in [-0.15, -0.1) is 0 Å². The third-order valence-electron chi connectivity index (χ3n) is 2.82. The highest BCUT2D eigenvalue weighted by Gasteiger charge is 2.21. The van der Waals surface area contributed by atoms with Crippen molar-refractivity contribution in [1.29, 1.82) is 0 Å². The molecule has 0 aromatic rings. The number of carboxylic acid groups (broad SMARTS) is 1. The van der Waals surface area contributed by atoms with Gasteiger partial charge in [0.15, 0.2) is 0 Å². The van der Waals surface area contributed by atoms with E-state index in [1.165, 1.54) is 21.6 Å². The molecule has 0 bridgehead atoms. The molecule has 5 N–H and O–H groups in total. The van der Waals surface area contributed by atoms with Crippen LogP contribution in [0.1, 0.15) is 39.5 Å². The molecule has 0 aliphatic rings. The Balaban J connectivity index is 4.28. The van der Waals surface area contributed by atoms with Gasteiger partial charge in [-0.1, -0.05) is 35.4 Å². The number of hydrogen-bond donors (Lipinski definition) is 4. The summed E-state index contributed by atoms with van der Waals surface area (Å²) in [6, 6.07) is -1.80. The van der Waals surface area contributed by atoms with Gasteiger partial charge in [0.2, 0.25) is 17.7 Å². The molecule has 3 amide bonds. The second-order valence-corrected chi connectivity index (χ2v) is 7.60. The first-order valence-corrected chi connectivity index (χ1v) is 10.2. The number of primary amides is 1. The molecule has 138 valence electrons. The molecule has 24 heavy (non-hydrogen) atoms. The molecule has 10 heteroatoms. The van der Waals surface area contributed by atoms with Crippen LogP contribution in [0.3, 0.4) is 0 Å². The van der Waals surface area contributed by atoms with Crippen molar-refractivity contribution in [3.63, 3.8) is 0 Å². The maximum atomic E-state index is 11.5. The monoisotopic (exact) mass is 379 g/mol. The van der Waals surface area contributed by atoms with Gasteiger partial charge in [-0.2, -0.15) is 0 Å². The van der Waals surface area contributed by atoms with Crippen molar-refractivity contribution in [2.24, 2.45) is 5.73 Å². The Morgan fingerprint density at radius 1 is 0.917 bits per heavy atom. The van der Waals surface area contributed by atoms with E-state index in [0.29, 0.717) is 19.3 Å². The lowest BCUT2D eigenvalue weighted by Crippen LogP contribution is -2.46. The number of carbonyl (C=O) groups is 4. The summed E-state index contributed by atoms with van der Waals surface area (Å²) in [7, 11) is 2.42. The van der Waals surface area contributed by atoms with Gasteiger partial charge in [0.1, 0.15) is 12.1 Å². The molecule has 0 aromatic heterocycles. The largest absolute Gasteiger partial charge is 0.480 e. The van der Waals surface area contributed by atoms with E-state index in [1.54, 1.807) is 0 Å². The van der Waals surface area contributed by atoms with E-state index in [-0.39, 0.29) is 29.7 Å². The number of aliphatic carboxylic acids is 1. The third kappa shape index (κ3) is 10.4. The normalized spacial score (nSPS) is 12.9. The quantitative estimate of drug-likeness (QED) is 0.270. The second-order valence-electron chi connectivity index (χ2n) is 5.05. The Hall–Kier alpha value is -1.42. The molecule has 0 saturated carbocycles. The summed E-state index contributed by atoms with van der Waals surface area (Å²) in [5, 5.41) is 14.1. The number of carboxylic acids is 1. The molecule has 0 aliphatic carbocycles. The van der Waals surface area contributed by atoms with Gasteiger partial charge in [0, 0.05) is 24.3 Å². The van der Waals surface area contributed by atoms with Crippen molar-refractivity contribution >= 4 is 45.3 Å². The predicted octanol–water partition coefficient (Wildman–Crippen LogP) is 0.508. The lowest BCUT2D eigenvalue weighted by molar-refractivity contribution is -0.141. The van der Waals surface area contributed by atoms with Crippen LogP contribution in [-0.2, 0) is 19.2 Å². The first kappa shape index (κ1) is 22.6. The van der Waals surface area contributed by atoms with E-state index in [9.17, 15) is 19.2 Å². The maximum Gasteiger partial charge on any atom is 0.327 e. The van der Waals surface area contributed by atoms with E-state index in [1.807, 2.05) is 13.8 Å². The van der Waals surface area contributed by atoms with Gasteiger partial charge >= 0.3 is 5.97 Å². The van der Waals surface area contributed by atoms with Gasteiger partial charge in [-0.25, -0.2) is 4.79 Å². The van der Waals surface area contributed by atoms with Crippen LogP contribution in [0.25, 0.3) is 0 Å². The van der Waals surface area contributed by atoms with Crippen LogP contribution >= 0.6 is 21.6 Å². The zero-order valence-corrected chi connectivity index (χ0v) is 15.5. The predicted molar refractivity (Wildman–Crippen MR) is 95.4 cm³/mol. The van der Waals surface area contributed by atoms with Crippen LogP contribution < -0.4 is 16.4 Å². The number of amides is 3. The molecule has 0 heterocycles. The highest BCUT2D eigenvalue weighted by atomic mass is 33.1. The fourth-order valence-corrected chi connectivity index (χ4v) is 3.92. The minimum atomic E-state index is -1.12. The van der Waals surface area contributed by atoms with E-state index in [4.69, 9.17) is 10.8 Å². The Kier molecular flexibility index (Phi) is 12.2. The van der Waals surface area contributed by atoms with Gasteiger partial charge in [0.25, 0.3) is 0 Å². The molecule has 2 atom stereocenters. The number of nitrogens with two attached hydrogens (primary N) is 1. The van der Waals surface area contributed by atoms with E-state index >= 15 is 0 Å². The highest BCUT2D eigenvalue weighted by Crippen LogP contribution is 2.23. The summed E-state index contributed by atoms with van der Waals surface area (Å²) < 4.78 is 0. The molecule has 0 saturated heterocycles. The zero-order valence-electron chi connectivity index (χ0n) is 13.9. The first-order chi connectivity index (χ1) is 11.3. The summed E-state index contributed by atoms with van der Waals surface area (Å²) in [6.45, 7) is 3.68. The van der Waals surface area contributed by atoms with E-state index < -0.39 is 24.0 Å². The van der Waals surface area contributed by atoms with Crippen molar-refractivity contribution < 1.29 is 24.3 Å². The van der Waals surface area contributed by atoms with Crippen LogP contribution in [0.5, 0.6) is 0 Å². The lowest BCUT2D eigenvalue weighted by atomic mass is 10.2. The van der Waals surface area contributed by atoms with Crippen molar-refractivity contribution in [2.45, 2.75) is 51.6 Å². The molecule has 8 nitrogen and oxygen atoms in total. The summed E-state index contributed by atoms with van der Waals surface area (Å²) >= 11 is 0. The molecule has 0 rings (SSSR count). The Morgan fingerprint density at radius 2 is 1.33 bits per heavy atom. The van der Waals surface area contributed by atoms with Crippen molar-refractivity contribution in [2.75, 3.05) is 11.5 Å². The zero-order chi connectivity index (χ0) is 18.5. The van der Waals surface area contributed by atoms with Gasteiger partial charge in [0.05, 0.1) is 0 Å². The topological polar surface area (TPSA) is 139 Å². The minimum Gasteiger partial charge on any atom is -0.480 e. The molecular formula is C14H25N3O5S2. The summed E-state index contributed by atoms with van der Waals surface area (Å²) in [6.07, 6.45) is 1.88. The molecular weight excluding hydrogens is 354 g/mol. The molecule has 0 aliphatic heterocycles. The van der Waals surface area contributed by atoms with Crippen molar-refractivity contribution in [3.05, 3.63) is 0 Å². The molecule has 0 aromatic carbocycles. The van der Waals surface area contributed by atoms with Crippen LogP contribution in [-0.4, -0.2) is 52.4 Å². The van der Waals surface area contributed by atoms with E-state index in [2.05, 4.69) is 10.6 Å². The summed E-state index contributed by atoms with van der Waals surface area (Å²) in [5.74, 6) is -1.94. The number of rotatable bonds is 13. The van der Waals surface area contributed by atoms with E-state index in [0.717, 1.165) is 0 Å². The van der Waals surface area contributed by atoms with Crippen molar-refractivity contribution in [1.82, 2.24) is 10.6 Å². The fraction of sp³-hybridized carbons (Fsp3) is 0.714. The second kappa shape index (κ2) is 12.9. The molecule has 0 fully saturated rings. The highest BCUT2D eigenvalue weighted by molar-refractivity contribution is 8.76. The van der Waals surface area contributed by atoms with Crippen molar-refractivity contribution in [3.8, 4) is 0 Å². The van der Waals surface area contributed by atoms with Crippen LogP contribution in [0, 0.1) is 0 Å². The van der Waals surface area contributed by atoms with Crippen LogP contribution in [0.15, 0.2) is 0 Å². The van der Waals surface area contributed by atoms with Gasteiger partial charge < -0.3 is 21.5 Å². The van der Waals surface area contributed by atoms with Gasteiger partial charge in [-0.05, 0) is 12.8 Å². The third-order valence-corrected chi connectivity index (χ3v) is 5.24. The Labute approximate surface area is 149 Å². The maximum absolute atomic E-state index is 11.5. The smallest absolute Gasteiger partial charge is 0.327 e. The summed E-state index contributed by atoms with van der Waals surface area (Å²) in [4.78, 5) is 45.4. The standard InChI is InChI=1S/C14H25N3O5S2/c1-3-5-11(18)16-9(13(15)20)7-23-24-8-10(14(21)22)17-12(19)6-4-2/h9-10H,3-8H2,1-2H3,(H2,15,20)(H,16,18)(H,17,19)(H,21,22)/t9-,10-/m0/s1. The van der Waals surface area contributed by atoms with Gasteiger partial charge in [-0.3, -0.25) is 14.4 Å². The number of nitrogens with one attached hydrogen (secondary N) is 2. The molecule has 0 unspecified atom stereocenters. The average molecular weight is 380 g/mol.